The van der Waals surface area contributed by atoms with E-state index in [0.717, 1.165) is 12.2 Å². The van der Waals surface area contributed by atoms with Crippen LogP contribution in [0.2, 0.25) is 0 Å². The van der Waals surface area contributed by atoms with Gasteiger partial charge in [0, 0.05) is 11.5 Å². The summed E-state index contributed by atoms with van der Waals surface area (Å²) < 4.78 is 5.47. The van der Waals surface area contributed by atoms with Crippen LogP contribution in [0.3, 0.4) is 0 Å². The second-order valence-corrected chi connectivity index (χ2v) is 6.43. The molecule has 1 aliphatic carbocycles. The Hall–Kier alpha value is -1.02. The van der Waals surface area contributed by atoms with E-state index in [1.54, 1.807) is 7.11 Å². The lowest BCUT2D eigenvalue weighted by molar-refractivity contribution is 0.178. The van der Waals surface area contributed by atoms with E-state index in [0.29, 0.717) is 5.92 Å². The molecule has 2 heteroatoms. The van der Waals surface area contributed by atoms with Gasteiger partial charge in [-0.3, -0.25) is 0 Å². The number of ether oxygens (including phenoxy) is 1. The molecule has 2 rings (SSSR count). The predicted molar refractivity (Wildman–Crippen MR) is 80.7 cm³/mol. The van der Waals surface area contributed by atoms with Crippen molar-refractivity contribution in [3.05, 3.63) is 29.3 Å². The van der Waals surface area contributed by atoms with E-state index >= 15 is 0 Å². The normalized spacial score (nSPS) is 19.1. The van der Waals surface area contributed by atoms with Crippen LogP contribution in [0.25, 0.3) is 0 Å². The molecule has 0 amide bonds. The van der Waals surface area contributed by atoms with E-state index < -0.39 is 0 Å². The van der Waals surface area contributed by atoms with Crippen LogP contribution in [0.1, 0.15) is 50.7 Å². The van der Waals surface area contributed by atoms with Gasteiger partial charge < -0.3 is 10.5 Å². The lowest BCUT2D eigenvalue weighted by Gasteiger charge is -2.47. The van der Waals surface area contributed by atoms with Crippen LogP contribution in [0, 0.1) is 12.8 Å². The second-order valence-electron chi connectivity index (χ2n) is 6.43. The summed E-state index contributed by atoms with van der Waals surface area (Å²) in [7, 11) is 1.74. The number of methoxy groups -OCH3 is 1. The summed E-state index contributed by atoms with van der Waals surface area (Å²) >= 11 is 0. The fourth-order valence-corrected chi connectivity index (χ4v) is 3.29. The van der Waals surface area contributed by atoms with E-state index in [9.17, 15) is 0 Å². The minimum atomic E-state index is 0.186. The van der Waals surface area contributed by atoms with E-state index in [1.165, 1.54) is 30.4 Å². The molecule has 1 atom stereocenters. The van der Waals surface area contributed by atoms with Crippen molar-refractivity contribution in [2.75, 3.05) is 7.11 Å². The quantitative estimate of drug-likeness (QED) is 0.875. The zero-order chi connectivity index (χ0) is 14.0. The maximum Gasteiger partial charge on any atom is 0.122 e. The molecule has 0 bridgehead atoms. The summed E-state index contributed by atoms with van der Waals surface area (Å²) in [5.41, 5.74) is 9.28. The smallest absolute Gasteiger partial charge is 0.122 e. The van der Waals surface area contributed by atoms with Gasteiger partial charge >= 0.3 is 0 Å². The Kier molecular flexibility index (Phi) is 4.19. The van der Waals surface area contributed by atoms with Crippen LogP contribution < -0.4 is 10.5 Å². The number of aryl methyl sites for hydroxylation is 1. The molecule has 2 nitrogen and oxygen atoms in total. The molecule has 1 fully saturated rings. The molecule has 0 radical (unpaired) electrons. The Bertz CT molecular complexity index is 435. The highest BCUT2D eigenvalue weighted by Gasteiger charge is 2.44. The summed E-state index contributed by atoms with van der Waals surface area (Å²) in [5, 5.41) is 0. The van der Waals surface area contributed by atoms with Crippen molar-refractivity contribution in [1.29, 1.82) is 0 Å². The van der Waals surface area contributed by atoms with Gasteiger partial charge in [0.15, 0.2) is 0 Å². The van der Waals surface area contributed by atoms with Crippen LogP contribution in [0.5, 0.6) is 5.75 Å². The first-order valence-electron chi connectivity index (χ1n) is 7.40. The molecule has 1 unspecified atom stereocenters. The van der Waals surface area contributed by atoms with Gasteiger partial charge in [-0.05, 0) is 49.3 Å². The Morgan fingerprint density at radius 1 is 1.32 bits per heavy atom. The monoisotopic (exact) mass is 261 g/mol. The summed E-state index contributed by atoms with van der Waals surface area (Å²) in [6.07, 6.45) is 4.82. The van der Waals surface area contributed by atoms with Gasteiger partial charge in [0.1, 0.15) is 5.75 Å². The standard InChI is InChI=1S/C17H27NO/c1-12(2)10-16(18)17(8-5-9-17)14-7-6-13(3)15(11-14)19-4/h6-7,11-12,16H,5,8-10,18H2,1-4H3. The number of benzene rings is 1. The number of hydrogen-bond acceptors (Lipinski definition) is 2. The Balaban J connectivity index is 2.30. The van der Waals surface area contributed by atoms with Crippen LogP contribution in [-0.4, -0.2) is 13.2 Å². The van der Waals surface area contributed by atoms with Gasteiger partial charge in [-0.1, -0.05) is 32.4 Å². The van der Waals surface area contributed by atoms with Crippen molar-refractivity contribution in [3.8, 4) is 5.75 Å². The SMILES string of the molecule is COc1cc(C2(C(N)CC(C)C)CCC2)ccc1C. The van der Waals surface area contributed by atoms with Crippen LogP contribution in [-0.2, 0) is 5.41 Å². The fraction of sp³-hybridized carbons (Fsp3) is 0.647. The van der Waals surface area contributed by atoms with Crippen molar-refractivity contribution >= 4 is 0 Å². The van der Waals surface area contributed by atoms with Crippen LogP contribution in [0.4, 0.5) is 0 Å². The molecule has 0 saturated heterocycles. The Labute approximate surface area is 117 Å². The fourth-order valence-electron chi connectivity index (χ4n) is 3.29. The topological polar surface area (TPSA) is 35.2 Å². The van der Waals surface area contributed by atoms with Gasteiger partial charge in [0.2, 0.25) is 0 Å². The molecular weight excluding hydrogens is 234 g/mol. The van der Waals surface area contributed by atoms with Crippen molar-refractivity contribution in [2.24, 2.45) is 11.7 Å². The minimum Gasteiger partial charge on any atom is -0.496 e. The third-order valence-corrected chi connectivity index (χ3v) is 4.66. The molecular formula is C17H27NO. The molecule has 0 heterocycles. The zero-order valence-electron chi connectivity index (χ0n) is 12.7. The van der Waals surface area contributed by atoms with Crippen LogP contribution in [0.15, 0.2) is 18.2 Å². The molecule has 1 saturated carbocycles. The van der Waals surface area contributed by atoms with Gasteiger partial charge in [0.05, 0.1) is 7.11 Å². The van der Waals surface area contributed by atoms with E-state index in [4.69, 9.17) is 10.5 Å². The second kappa shape index (κ2) is 5.54. The number of rotatable bonds is 5. The zero-order valence-corrected chi connectivity index (χ0v) is 12.7. The molecule has 19 heavy (non-hydrogen) atoms. The molecule has 1 aromatic rings. The van der Waals surface area contributed by atoms with Gasteiger partial charge in [0.25, 0.3) is 0 Å². The summed E-state index contributed by atoms with van der Waals surface area (Å²) in [6.45, 7) is 6.59. The maximum absolute atomic E-state index is 6.54. The molecule has 0 aromatic heterocycles. The molecule has 0 aliphatic heterocycles. The molecule has 0 spiro atoms. The van der Waals surface area contributed by atoms with E-state index in [-0.39, 0.29) is 11.5 Å². The van der Waals surface area contributed by atoms with Crippen molar-refractivity contribution in [1.82, 2.24) is 0 Å². The predicted octanol–water partition coefficient (Wildman–Crippen LogP) is 3.80. The lowest BCUT2D eigenvalue weighted by atomic mass is 9.59. The van der Waals surface area contributed by atoms with Crippen molar-refractivity contribution in [3.63, 3.8) is 0 Å². The summed E-state index contributed by atoms with van der Waals surface area (Å²) in [5.74, 6) is 1.64. The molecule has 1 aliphatic rings. The highest BCUT2D eigenvalue weighted by molar-refractivity contribution is 5.41. The average molecular weight is 261 g/mol. The summed E-state index contributed by atoms with van der Waals surface area (Å²) in [4.78, 5) is 0. The molecule has 2 N–H and O–H groups in total. The first-order valence-corrected chi connectivity index (χ1v) is 7.40. The van der Waals surface area contributed by atoms with E-state index in [2.05, 4.69) is 39.0 Å². The van der Waals surface area contributed by atoms with Crippen LogP contribution >= 0.6 is 0 Å². The lowest BCUT2D eigenvalue weighted by Crippen LogP contribution is -2.50. The summed E-state index contributed by atoms with van der Waals surface area (Å²) in [6, 6.07) is 6.87. The van der Waals surface area contributed by atoms with Gasteiger partial charge in [-0.2, -0.15) is 0 Å². The third kappa shape index (κ3) is 2.64. The van der Waals surface area contributed by atoms with E-state index in [1.807, 2.05) is 0 Å². The van der Waals surface area contributed by atoms with Gasteiger partial charge in [-0.25, -0.2) is 0 Å². The highest BCUT2D eigenvalue weighted by atomic mass is 16.5. The average Bonchev–Trinajstić information content (AvgIpc) is 2.28. The first-order chi connectivity index (χ1) is 8.99. The van der Waals surface area contributed by atoms with Crippen molar-refractivity contribution in [2.45, 2.75) is 57.9 Å². The molecule has 1 aromatic carbocycles. The van der Waals surface area contributed by atoms with Crippen molar-refractivity contribution < 1.29 is 4.74 Å². The number of nitrogens with two attached hydrogens (primary N) is 1. The first kappa shape index (κ1) is 14.4. The third-order valence-electron chi connectivity index (χ3n) is 4.66. The Morgan fingerprint density at radius 2 is 2.00 bits per heavy atom. The largest absolute Gasteiger partial charge is 0.496 e. The highest BCUT2D eigenvalue weighted by Crippen LogP contribution is 2.48. The number of hydrogen-bond donors (Lipinski definition) is 1. The van der Waals surface area contributed by atoms with Gasteiger partial charge in [-0.15, -0.1) is 0 Å². The Morgan fingerprint density at radius 3 is 2.47 bits per heavy atom. The maximum atomic E-state index is 6.54. The minimum absolute atomic E-state index is 0.186. The molecule has 106 valence electrons.